The van der Waals surface area contributed by atoms with Gasteiger partial charge in [0.1, 0.15) is 0 Å². The fourth-order valence-electron chi connectivity index (χ4n) is 1.82. The first-order valence-electron chi connectivity index (χ1n) is 5.20. The molecule has 1 aliphatic rings. The second-order valence-corrected chi connectivity index (χ2v) is 5.08. The summed E-state index contributed by atoms with van der Waals surface area (Å²) in [5.74, 6) is 0.789. The van der Waals surface area contributed by atoms with E-state index in [9.17, 15) is 4.79 Å². The van der Waals surface area contributed by atoms with Gasteiger partial charge in [-0.1, -0.05) is 0 Å². The normalized spacial score (nSPS) is 24.8. The van der Waals surface area contributed by atoms with E-state index in [0.29, 0.717) is 12.5 Å². The van der Waals surface area contributed by atoms with Crippen LogP contribution in [-0.2, 0) is 4.79 Å². The Morgan fingerprint density at radius 2 is 2.43 bits per heavy atom. The highest BCUT2D eigenvalue weighted by Gasteiger charge is 2.25. The third-order valence-electron chi connectivity index (χ3n) is 2.87. The molecule has 2 unspecified atom stereocenters. The molecule has 1 heterocycles. The summed E-state index contributed by atoms with van der Waals surface area (Å²) >= 11 is 1.61. The van der Waals surface area contributed by atoms with Gasteiger partial charge < -0.3 is 10.6 Å². The molecule has 1 rings (SSSR count). The third-order valence-corrected chi connectivity index (χ3v) is 3.77. The maximum atomic E-state index is 11.9. The number of nitrogens with two attached hydrogens (primary N) is 1. The molecule has 2 atom stereocenters. The van der Waals surface area contributed by atoms with E-state index >= 15 is 0 Å². The lowest BCUT2D eigenvalue weighted by molar-refractivity contribution is -0.132. The van der Waals surface area contributed by atoms with E-state index in [2.05, 4.69) is 0 Å². The standard InChI is InChI=1S/C10H20N2OS/c1-8(14-2)10(13)12-5-3-4-9(6-11)7-12/h8-9H,3-7,11H2,1-2H3. The van der Waals surface area contributed by atoms with E-state index in [1.165, 1.54) is 6.42 Å². The minimum atomic E-state index is 0.0894. The molecule has 0 aromatic rings. The fraction of sp³-hybridized carbons (Fsp3) is 0.900. The lowest BCUT2D eigenvalue weighted by Crippen LogP contribution is -2.44. The van der Waals surface area contributed by atoms with Crippen LogP contribution >= 0.6 is 11.8 Å². The van der Waals surface area contributed by atoms with Gasteiger partial charge in [0, 0.05) is 13.1 Å². The Labute approximate surface area is 90.4 Å². The van der Waals surface area contributed by atoms with Crippen LogP contribution in [0.5, 0.6) is 0 Å². The van der Waals surface area contributed by atoms with Crippen molar-refractivity contribution < 1.29 is 4.79 Å². The molecule has 1 amide bonds. The highest BCUT2D eigenvalue weighted by molar-refractivity contribution is 7.99. The Balaban J connectivity index is 2.47. The maximum absolute atomic E-state index is 11.9. The van der Waals surface area contributed by atoms with Crippen LogP contribution in [0.3, 0.4) is 0 Å². The number of piperidine rings is 1. The first-order valence-corrected chi connectivity index (χ1v) is 6.49. The largest absolute Gasteiger partial charge is 0.341 e. The number of amides is 1. The van der Waals surface area contributed by atoms with E-state index < -0.39 is 0 Å². The predicted molar refractivity (Wildman–Crippen MR) is 61.3 cm³/mol. The Morgan fingerprint density at radius 3 is 3.00 bits per heavy atom. The molecule has 0 aromatic heterocycles. The molecule has 4 heteroatoms. The second kappa shape index (κ2) is 5.61. The van der Waals surface area contributed by atoms with Gasteiger partial charge in [-0.2, -0.15) is 11.8 Å². The van der Waals surface area contributed by atoms with Crippen LogP contribution in [0.1, 0.15) is 19.8 Å². The number of rotatable bonds is 3. The number of carbonyl (C=O) groups is 1. The van der Waals surface area contributed by atoms with Crippen LogP contribution < -0.4 is 5.73 Å². The van der Waals surface area contributed by atoms with Gasteiger partial charge in [-0.3, -0.25) is 4.79 Å². The molecule has 0 aliphatic carbocycles. The zero-order chi connectivity index (χ0) is 10.6. The lowest BCUT2D eigenvalue weighted by atomic mass is 9.98. The first-order chi connectivity index (χ1) is 6.69. The van der Waals surface area contributed by atoms with Crippen molar-refractivity contribution in [1.82, 2.24) is 4.90 Å². The molecule has 1 aliphatic heterocycles. The monoisotopic (exact) mass is 216 g/mol. The van der Waals surface area contributed by atoms with Crippen LogP contribution in [0, 0.1) is 5.92 Å². The average molecular weight is 216 g/mol. The van der Waals surface area contributed by atoms with Crippen molar-refractivity contribution in [3.8, 4) is 0 Å². The molecule has 0 bridgehead atoms. The summed E-state index contributed by atoms with van der Waals surface area (Å²) in [4.78, 5) is 13.8. The van der Waals surface area contributed by atoms with E-state index in [0.717, 1.165) is 19.5 Å². The number of thioether (sulfide) groups is 1. The summed E-state index contributed by atoms with van der Waals surface area (Å²) in [6, 6.07) is 0. The smallest absolute Gasteiger partial charge is 0.235 e. The van der Waals surface area contributed by atoms with Gasteiger partial charge in [-0.05, 0) is 38.5 Å². The van der Waals surface area contributed by atoms with Gasteiger partial charge in [0.15, 0.2) is 0 Å². The van der Waals surface area contributed by atoms with Crippen molar-refractivity contribution in [2.24, 2.45) is 11.7 Å². The Hall–Kier alpha value is -0.220. The lowest BCUT2D eigenvalue weighted by Gasteiger charge is -2.33. The molecule has 3 nitrogen and oxygen atoms in total. The van der Waals surface area contributed by atoms with Crippen molar-refractivity contribution >= 4 is 17.7 Å². The SMILES string of the molecule is CSC(C)C(=O)N1CCCC(CN)C1. The summed E-state index contributed by atoms with van der Waals surface area (Å²) in [6.07, 6.45) is 4.26. The Morgan fingerprint density at radius 1 is 1.71 bits per heavy atom. The maximum Gasteiger partial charge on any atom is 0.235 e. The minimum absolute atomic E-state index is 0.0894. The second-order valence-electron chi connectivity index (χ2n) is 3.91. The Bertz CT molecular complexity index is 199. The van der Waals surface area contributed by atoms with Crippen molar-refractivity contribution in [2.75, 3.05) is 25.9 Å². The summed E-state index contributed by atoms with van der Waals surface area (Å²) in [7, 11) is 0. The summed E-state index contributed by atoms with van der Waals surface area (Å²) < 4.78 is 0. The van der Waals surface area contributed by atoms with Gasteiger partial charge in [0.2, 0.25) is 5.91 Å². The van der Waals surface area contributed by atoms with Crippen LogP contribution in [0.15, 0.2) is 0 Å². The van der Waals surface area contributed by atoms with Gasteiger partial charge in [0.25, 0.3) is 0 Å². The van der Waals surface area contributed by atoms with E-state index in [-0.39, 0.29) is 11.2 Å². The molecule has 0 aromatic carbocycles. The molecule has 0 saturated carbocycles. The number of hydrogen-bond donors (Lipinski definition) is 1. The molecule has 82 valence electrons. The van der Waals surface area contributed by atoms with Crippen molar-refractivity contribution in [1.29, 1.82) is 0 Å². The molecule has 14 heavy (non-hydrogen) atoms. The van der Waals surface area contributed by atoms with Crippen molar-refractivity contribution in [3.05, 3.63) is 0 Å². The number of likely N-dealkylation sites (tertiary alicyclic amines) is 1. The summed E-state index contributed by atoms with van der Waals surface area (Å²) in [5, 5.41) is 0.0894. The molecular weight excluding hydrogens is 196 g/mol. The number of hydrogen-bond acceptors (Lipinski definition) is 3. The predicted octanol–water partition coefficient (Wildman–Crippen LogP) is 0.935. The average Bonchev–Trinajstić information content (AvgIpc) is 2.27. The third kappa shape index (κ3) is 2.89. The molecule has 1 fully saturated rings. The van der Waals surface area contributed by atoms with E-state index in [1.54, 1.807) is 11.8 Å². The molecule has 0 radical (unpaired) electrons. The van der Waals surface area contributed by atoms with Crippen molar-refractivity contribution in [3.63, 3.8) is 0 Å². The van der Waals surface area contributed by atoms with E-state index in [4.69, 9.17) is 5.73 Å². The molecular formula is C10H20N2OS. The number of nitrogens with zero attached hydrogens (tertiary/aromatic N) is 1. The molecule has 1 saturated heterocycles. The van der Waals surface area contributed by atoms with Gasteiger partial charge >= 0.3 is 0 Å². The van der Waals surface area contributed by atoms with Crippen LogP contribution in [0.4, 0.5) is 0 Å². The van der Waals surface area contributed by atoms with Gasteiger partial charge in [-0.15, -0.1) is 0 Å². The van der Waals surface area contributed by atoms with Crippen molar-refractivity contribution in [2.45, 2.75) is 25.0 Å². The highest BCUT2D eigenvalue weighted by Crippen LogP contribution is 2.18. The van der Waals surface area contributed by atoms with Crippen LogP contribution in [0.25, 0.3) is 0 Å². The van der Waals surface area contributed by atoms with Gasteiger partial charge in [0.05, 0.1) is 5.25 Å². The first kappa shape index (κ1) is 11.9. The molecule has 0 spiro atoms. The minimum Gasteiger partial charge on any atom is -0.341 e. The summed E-state index contributed by atoms with van der Waals surface area (Å²) in [6.45, 7) is 4.46. The van der Waals surface area contributed by atoms with Gasteiger partial charge in [-0.25, -0.2) is 0 Å². The van der Waals surface area contributed by atoms with Crippen LogP contribution in [0.2, 0.25) is 0 Å². The molecule has 2 N–H and O–H groups in total. The topological polar surface area (TPSA) is 46.3 Å². The quantitative estimate of drug-likeness (QED) is 0.763. The Kier molecular flexibility index (Phi) is 4.75. The summed E-state index contributed by atoms with van der Waals surface area (Å²) in [5.41, 5.74) is 5.63. The zero-order valence-electron chi connectivity index (χ0n) is 9.03. The van der Waals surface area contributed by atoms with E-state index in [1.807, 2.05) is 18.1 Å². The van der Waals surface area contributed by atoms with Crippen LogP contribution in [-0.4, -0.2) is 41.9 Å². The highest BCUT2D eigenvalue weighted by atomic mass is 32.2. The number of carbonyl (C=O) groups excluding carboxylic acids is 1. The fourth-order valence-corrected chi connectivity index (χ4v) is 2.17. The zero-order valence-corrected chi connectivity index (χ0v) is 9.85.